The Morgan fingerprint density at radius 1 is 1.05 bits per heavy atom. The second-order valence-electron chi connectivity index (χ2n) is 4.36. The smallest absolute Gasteiger partial charge is 0.120 e. The lowest BCUT2D eigenvalue weighted by molar-refractivity contribution is 0.464. The van der Waals surface area contributed by atoms with Gasteiger partial charge in [-0.25, -0.2) is 0 Å². The third-order valence-electron chi connectivity index (χ3n) is 2.81. The second-order valence-corrected chi connectivity index (χ2v) is 5.28. The highest BCUT2D eigenvalue weighted by molar-refractivity contribution is 9.10. The summed E-state index contributed by atoms with van der Waals surface area (Å²) in [5, 5.41) is 13.0. The van der Waals surface area contributed by atoms with Crippen LogP contribution in [0.25, 0.3) is 0 Å². The van der Waals surface area contributed by atoms with E-state index in [9.17, 15) is 5.11 Å². The van der Waals surface area contributed by atoms with E-state index in [1.807, 2.05) is 12.1 Å². The molecule has 0 aliphatic rings. The van der Waals surface area contributed by atoms with Gasteiger partial charge in [0, 0.05) is 23.1 Å². The van der Waals surface area contributed by atoms with Crippen molar-refractivity contribution in [1.82, 2.24) is 5.32 Å². The van der Waals surface area contributed by atoms with E-state index in [2.05, 4.69) is 52.4 Å². The Hall–Kier alpha value is -1.03. The van der Waals surface area contributed by atoms with Crippen LogP contribution in [0.2, 0.25) is 0 Å². The van der Waals surface area contributed by atoms with Crippen LogP contribution in [-0.2, 0) is 13.1 Å². The highest BCUT2D eigenvalue weighted by Crippen LogP contribution is 2.21. The quantitative estimate of drug-likeness (QED) is 0.874. The second kappa shape index (κ2) is 7.53. The maximum absolute atomic E-state index is 9.71. The Morgan fingerprint density at radius 2 is 1.74 bits per heavy atom. The van der Waals surface area contributed by atoms with Crippen LogP contribution in [0.1, 0.15) is 16.7 Å². The summed E-state index contributed by atoms with van der Waals surface area (Å²) in [7, 11) is 0. The Morgan fingerprint density at radius 3 is 2.42 bits per heavy atom. The molecule has 2 nitrogen and oxygen atoms in total. The highest BCUT2D eigenvalue weighted by atomic mass is 79.9. The van der Waals surface area contributed by atoms with Gasteiger partial charge < -0.3 is 10.4 Å². The lowest BCUT2D eigenvalue weighted by Gasteiger charge is -2.08. The molecule has 19 heavy (non-hydrogen) atoms. The van der Waals surface area contributed by atoms with Gasteiger partial charge in [-0.05, 0) is 30.7 Å². The van der Waals surface area contributed by atoms with Gasteiger partial charge in [0.2, 0.25) is 0 Å². The van der Waals surface area contributed by atoms with Crippen LogP contribution in [-0.4, -0.2) is 5.11 Å². The van der Waals surface area contributed by atoms with E-state index in [0.717, 1.165) is 16.6 Å². The Kier molecular flexibility index (Phi) is 6.35. The molecule has 0 atom stereocenters. The van der Waals surface area contributed by atoms with Gasteiger partial charge in [0.05, 0.1) is 0 Å². The van der Waals surface area contributed by atoms with Gasteiger partial charge in [-0.15, -0.1) is 12.4 Å². The number of rotatable bonds is 4. The molecule has 0 heterocycles. The van der Waals surface area contributed by atoms with Crippen LogP contribution in [0, 0.1) is 6.92 Å². The fourth-order valence-corrected chi connectivity index (χ4v) is 2.15. The summed E-state index contributed by atoms with van der Waals surface area (Å²) in [6.07, 6.45) is 0. The largest absolute Gasteiger partial charge is 0.508 e. The minimum absolute atomic E-state index is 0. The third kappa shape index (κ3) is 4.86. The van der Waals surface area contributed by atoms with Crippen molar-refractivity contribution in [2.75, 3.05) is 0 Å². The zero-order chi connectivity index (χ0) is 13.0. The predicted molar refractivity (Wildman–Crippen MR) is 84.8 cm³/mol. The van der Waals surface area contributed by atoms with E-state index >= 15 is 0 Å². The Labute approximate surface area is 128 Å². The number of hydrogen-bond acceptors (Lipinski definition) is 2. The summed E-state index contributed by atoms with van der Waals surface area (Å²) >= 11 is 3.40. The molecule has 0 spiro atoms. The van der Waals surface area contributed by atoms with Crippen molar-refractivity contribution in [2.45, 2.75) is 20.0 Å². The molecule has 2 rings (SSSR count). The van der Waals surface area contributed by atoms with Gasteiger partial charge in [-0.1, -0.05) is 45.8 Å². The highest BCUT2D eigenvalue weighted by Gasteiger charge is 2.01. The number of aromatic hydroxyl groups is 1. The Balaban J connectivity index is 0.00000180. The van der Waals surface area contributed by atoms with Crippen molar-refractivity contribution < 1.29 is 5.11 Å². The summed E-state index contributed by atoms with van der Waals surface area (Å²) in [5.41, 5.74) is 3.41. The standard InChI is InChI=1S/C15H16BrNO.ClH/c1-11-2-4-12(5-3-11)9-17-10-13-8-14(16)6-7-15(13)18;/h2-8,17-18H,9-10H2,1H3;1H. The number of hydrogen-bond donors (Lipinski definition) is 2. The molecule has 4 heteroatoms. The number of aryl methyl sites for hydroxylation is 1. The van der Waals surface area contributed by atoms with E-state index in [1.54, 1.807) is 6.07 Å². The normalized spacial score (nSPS) is 10.0. The lowest BCUT2D eigenvalue weighted by atomic mass is 10.1. The minimum Gasteiger partial charge on any atom is -0.508 e. The van der Waals surface area contributed by atoms with E-state index < -0.39 is 0 Å². The molecule has 0 saturated carbocycles. The van der Waals surface area contributed by atoms with Crippen molar-refractivity contribution in [1.29, 1.82) is 0 Å². The number of phenols is 1. The molecule has 0 saturated heterocycles. The van der Waals surface area contributed by atoms with Gasteiger partial charge in [-0.2, -0.15) is 0 Å². The molecule has 102 valence electrons. The number of halogens is 2. The van der Waals surface area contributed by atoms with E-state index in [0.29, 0.717) is 12.3 Å². The van der Waals surface area contributed by atoms with Crippen molar-refractivity contribution in [3.63, 3.8) is 0 Å². The topological polar surface area (TPSA) is 32.3 Å². The molecule has 0 aromatic heterocycles. The molecule has 0 aliphatic heterocycles. The van der Waals surface area contributed by atoms with Gasteiger partial charge in [0.15, 0.2) is 0 Å². The van der Waals surface area contributed by atoms with Crippen molar-refractivity contribution in [3.8, 4) is 5.75 Å². The van der Waals surface area contributed by atoms with Crippen LogP contribution < -0.4 is 5.32 Å². The average molecular weight is 343 g/mol. The minimum atomic E-state index is 0. The summed E-state index contributed by atoms with van der Waals surface area (Å²) < 4.78 is 0.979. The maximum Gasteiger partial charge on any atom is 0.120 e. The molecule has 2 N–H and O–H groups in total. The van der Waals surface area contributed by atoms with Crippen LogP contribution in [0.5, 0.6) is 5.75 Å². The molecule has 0 amide bonds. The average Bonchev–Trinajstić information content (AvgIpc) is 2.36. The number of phenolic OH excluding ortho intramolecular Hbond substituents is 1. The lowest BCUT2D eigenvalue weighted by Crippen LogP contribution is -2.12. The van der Waals surface area contributed by atoms with Crippen LogP contribution in [0.3, 0.4) is 0 Å². The first-order chi connectivity index (χ1) is 8.65. The van der Waals surface area contributed by atoms with Crippen LogP contribution in [0.15, 0.2) is 46.9 Å². The van der Waals surface area contributed by atoms with E-state index in [-0.39, 0.29) is 12.4 Å². The first kappa shape index (κ1) is 16.0. The predicted octanol–water partition coefficient (Wildman–Crippen LogP) is 4.17. The molecule has 2 aromatic rings. The maximum atomic E-state index is 9.71. The first-order valence-electron chi connectivity index (χ1n) is 5.89. The fourth-order valence-electron chi connectivity index (χ4n) is 1.74. The Bertz CT molecular complexity index is 528. The molecule has 0 bridgehead atoms. The summed E-state index contributed by atoms with van der Waals surface area (Å²) in [6.45, 7) is 3.53. The zero-order valence-corrected chi connectivity index (χ0v) is 13.1. The molecule has 0 unspecified atom stereocenters. The van der Waals surface area contributed by atoms with Gasteiger partial charge in [-0.3, -0.25) is 0 Å². The van der Waals surface area contributed by atoms with Gasteiger partial charge >= 0.3 is 0 Å². The fraction of sp³-hybridized carbons (Fsp3) is 0.200. The summed E-state index contributed by atoms with van der Waals surface area (Å²) in [4.78, 5) is 0. The first-order valence-corrected chi connectivity index (χ1v) is 6.68. The third-order valence-corrected chi connectivity index (χ3v) is 3.30. The SMILES string of the molecule is Cc1ccc(CNCc2cc(Br)ccc2O)cc1.Cl. The van der Waals surface area contributed by atoms with Crippen LogP contribution in [0.4, 0.5) is 0 Å². The van der Waals surface area contributed by atoms with Crippen molar-refractivity contribution >= 4 is 28.3 Å². The van der Waals surface area contributed by atoms with Gasteiger partial charge in [0.1, 0.15) is 5.75 Å². The van der Waals surface area contributed by atoms with E-state index in [1.165, 1.54) is 11.1 Å². The summed E-state index contributed by atoms with van der Waals surface area (Å²) in [5.74, 6) is 0.328. The van der Waals surface area contributed by atoms with Crippen LogP contribution >= 0.6 is 28.3 Å². The van der Waals surface area contributed by atoms with Gasteiger partial charge in [0.25, 0.3) is 0 Å². The van der Waals surface area contributed by atoms with Crippen molar-refractivity contribution in [2.24, 2.45) is 0 Å². The van der Waals surface area contributed by atoms with E-state index in [4.69, 9.17) is 0 Å². The molecule has 2 aromatic carbocycles. The number of nitrogens with one attached hydrogen (secondary N) is 1. The molecular formula is C15H17BrClNO. The monoisotopic (exact) mass is 341 g/mol. The zero-order valence-electron chi connectivity index (χ0n) is 10.7. The summed E-state index contributed by atoms with van der Waals surface area (Å²) in [6, 6.07) is 13.9. The van der Waals surface area contributed by atoms with Crippen molar-refractivity contribution in [3.05, 3.63) is 63.6 Å². The molecule has 0 fully saturated rings. The molecular weight excluding hydrogens is 326 g/mol. The molecule has 0 radical (unpaired) electrons. The number of benzene rings is 2. The molecule has 0 aliphatic carbocycles.